The van der Waals surface area contributed by atoms with E-state index in [1.165, 1.54) is 18.3 Å². The van der Waals surface area contributed by atoms with E-state index in [0.717, 1.165) is 28.5 Å². The van der Waals surface area contributed by atoms with Crippen LogP contribution in [0.15, 0.2) is 22.0 Å². The summed E-state index contributed by atoms with van der Waals surface area (Å²) in [5.41, 5.74) is 2.79. The summed E-state index contributed by atoms with van der Waals surface area (Å²) in [6.45, 7) is 4.04. The van der Waals surface area contributed by atoms with Gasteiger partial charge in [-0.15, -0.1) is 10.2 Å². The number of Topliss-reactive ketones (excluding diaryl/α,β-unsaturated/α-hetero) is 1. The lowest BCUT2D eigenvalue weighted by atomic mass is 10.0. The van der Waals surface area contributed by atoms with Crippen LogP contribution in [0.2, 0.25) is 0 Å². The minimum Gasteiger partial charge on any atom is -0.507 e. The number of ketones is 1. The topological polar surface area (TPSA) is 72.3 Å². The van der Waals surface area contributed by atoms with E-state index in [9.17, 15) is 9.90 Å². The Labute approximate surface area is 144 Å². The van der Waals surface area contributed by atoms with Crippen molar-refractivity contribution < 1.29 is 14.6 Å². The Morgan fingerprint density at radius 3 is 2.91 bits per heavy atom. The van der Waals surface area contributed by atoms with Crippen molar-refractivity contribution in [1.82, 2.24) is 10.2 Å². The number of phenolic OH excluding ortho intramolecular Hbond substituents is 1. The molecule has 1 heterocycles. The monoisotopic (exact) mass is 352 g/mol. The van der Waals surface area contributed by atoms with Crippen LogP contribution in [0.25, 0.3) is 0 Å². The number of phenols is 1. The van der Waals surface area contributed by atoms with Crippen LogP contribution < -0.4 is 4.74 Å². The third-order valence-electron chi connectivity index (χ3n) is 3.23. The predicted molar refractivity (Wildman–Crippen MR) is 92.9 cm³/mol. The summed E-state index contributed by atoms with van der Waals surface area (Å²) in [6, 6.07) is 3.40. The zero-order valence-corrected chi connectivity index (χ0v) is 14.9. The predicted octanol–water partition coefficient (Wildman–Crippen LogP) is 3.96. The minimum absolute atomic E-state index is 0.0556. The first-order valence-electron chi connectivity index (χ1n) is 7.51. The Morgan fingerprint density at radius 2 is 2.26 bits per heavy atom. The molecule has 2 rings (SSSR count). The summed E-state index contributed by atoms with van der Waals surface area (Å²) < 4.78 is 6.77. The molecule has 1 aromatic carbocycles. The molecule has 2 aromatic rings. The zero-order valence-electron chi connectivity index (χ0n) is 13.2. The molecular weight excluding hydrogens is 332 g/mol. The van der Waals surface area contributed by atoms with Crippen LogP contribution in [-0.2, 0) is 6.42 Å². The van der Waals surface area contributed by atoms with Crippen molar-refractivity contribution in [3.8, 4) is 11.5 Å². The Hall–Kier alpha value is -1.60. The fourth-order valence-corrected chi connectivity index (χ4v) is 3.63. The van der Waals surface area contributed by atoms with Gasteiger partial charge in [-0.05, 0) is 31.9 Å². The maximum absolute atomic E-state index is 11.5. The fraction of sp³-hybridized carbons (Fsp3) is 0.438. The van der Waals surface area contributed by atoms with Crippen LogP contribution in [0.5, 0.6) is 11.5 Å². The summed E-state index contributed by atoms with van der Waals surface area (Å²) in [7, 11) is 0. The van der Waals surface area contributed by atoms with Crippen molar-refractivity contribution in [2.24, 2.45) is 0 Å². The molecule has 0 saturated carbocycles. The first-order chi connectivity index (χ1) is 11.1. The average Bonchev–Trinajstić information content (AvgIpc) is 3.03. The Balaban J connectivity index is 1.93. The molecule has 0 aliphatic heterocycles. The molecule has 0 fully saturated rings. The molecule has 0 atom stereocenters. The van der Waals surface area contributed by atoms with Crippen LogP contribution >= 0.6 is 23.1 Å². The van der Waals surface area contributed by atoms with Crippen LogP contribution in [0.3, 0.4) is 0 Å². The number of ether oxygens (including phenoxy) is 1. The van der Waals surface area contributed by atoms with Gasteiger partial charge in [0.05, 0.1) is 12.2 Å². The zero-order chi connectivity index (χ0) is 16.7. The first kappa shape index (κ1) is 17.7. The van der Waals surface area contributed by atoms with Gasteiger partial charge in [0.2, 0.25) is 0 Å². The SMILES string of the molecule is CCCc1c(OCCCSc2nncs2)ccc(C(C)=O)c1O. The molecule has 5 nitrogen and oxygen atoms in total. The van der Waals surface area contributed by atoms with Crippen molar-refractivity contribution in [1.29, 1.82) is 0 Å². The quantitative estimate of drug-likeness (QED) is 0.418. The third kappa shape index (κ3) is 4.94. The van der Waals surface area contributed by atoms with Gasteiger partial charge in [-0.3, -0.25) is 4.79 Å². The van der Waals surface area contributed by atoms with Crippen molar-refractivity contribution >= 4 is 28.9 Å². The maximum Gasteiger partial charge on any atom is 0.174 e. The van der Waals surface area contributed by atoms with Crippen molar-refractivity contribution in [2.45, 2.75) is 37.4 Å². The number of rotatable bonds is 9. The van der Waals surface area contributed by atoms with Gasteiger partial charge >= 0.3 is 0 Å². The number of hydrogen-bond donors (Lipinski definition) is 1. The normalized spacial score (nSPS) is 10.7. The van der Waals surface area contributed by atoms with Crippen LogP contribution in [-0.4, -0.2) is 33.4 Å². The summed E-state index contributed by atoms with van der Waals surface area (Å²) in [5.74, 6) is 1.48. The van der Waals surface area contributed by atoms with E-state index < -0.39 is 0 Å². The van der Waals surface area contributed by atoms with Gasteiger partial charge < -0.3 is 9.84 Å². The van der Waals surface area contributed by atoms with Crippen LogP contribution in [0.4, 0.5) is 0 Å². The number of thioether (sulfide) groups is 1. The van der Waals surface area contributed by atoms with Crippen LogP contribution in [0, 0.1) is 0 Å². The second-order valence-corrected chi connectivity index (χ2v) is 7.17. The molecule has 1 N–H and O–H groups in total. The highest BCUT2D eigenvalue weighted by atomic mass is 32.2. The first-order valence-corrected chi connectivity index (χ1v) is 9.37. The van der Waals surface area contributed by atoms with E-state index in [1.54, 1.807) is 29.4 Å². The highest BCUT2D eigenvalue weighted by molar-refractivity contribution is 8.00. The highest BCUT2D eigenvalue weighted by Crippen LogP contribution is 2.33. The average molecular weight is 352 g/mol. The van der Waals surface area contributed by atoms with Crippen molar-refractivity contribution in [2.75, 3.05) is 12.4 Å². The summed E-state index contributed by atoms with van der Waals surface area (Å²) in [6.07, 6.45) is 2.42. The Kier molecular flexibility index (Phi) is 6.85. The Bertz CT molecular complexity index is 645. The molecule has 7 heteroatoms. The summed E-state index contributed by atoms with van der Waals surface area (Å²) in [5, 5.41) is 18.0. The second kappa shape index (κ2) is 8.88. The smallest absolute Gasteiger partial charge is 0.174 e. The van der Waals surface area contributed by atoms with Gasteiger partial charge in [0.25, 0.3) is 0 Å². The summed E-state index contributed by atoms with van der Waals surface area (Å²) in [4.78, 5) is 11.5. The van der Waals surface area contributed by atoms with E-state index >= 15 is 0 Å². The maximum atomic E-state index is 11.5. The molecule has 0 aliphatic rings. The van der Waals surface area contributed by atoms with Crippen molar-refractivity contribution in [3.05, 3.63) is 28.8 Å². The molecule has 0 spiro atoms. The minimum atomic E-state index is -0.139. The second-order valence-electron chi connectivity index (χ2n) is 5.00. The number of nitrogens with zero attached hydrogens (tertiary/aromatic N) is 2. The van der Waals surface area contributed by atoms with Gasteiger partial charge in [0.1, 0.15) is 17.0 Å². The number of aromatic hydroxyl groups is 1. The van der Waals surface area contributed by atoms with E-state index in [4.69, 9.17) is 4.74 Å². The number of carbonyl (C=O) groups excluding carboxylic acids is 1. The standard InChI is InChI=1S/C16H20N2O3S2/c1-3-5-13-14(7-6-12(11(2)19)15(13)20)21-8-4-9-22-16-18-17-10-23-16/h6-7,10,20H,3-5,8-9H2,1-2H3. The van der Waals surface area contributed by atoms with E-state index in [2.05, 4.69) is 10.2 Å². The molecule has 0 aliphatic carbocycles. The molecular formula is C16H20N2O3S2. The lowest BCUT2D eigenvalue weighted by Gasteiger charge is -2.14. The van der Waals surface area contributed by atoms with Gasteiger partial charge in [0, 0.05) is 11.3 Å². The molecule has 124 valence electrons. The number of aromatic nitrogens is 2. The lowest BCUT2D eigenvalue weighted by molar-refractivity contribution is 0.101. The number of benzene rings is 1. The fourth-order valence-electron chi connectivity index (χ4n) is 2.16. The van der Waals surface area contributed by atoms with Gasteiger partial charge in [-0.1, -0.05) is 36.4 Å². The lowest BCUT2D eigenvalue weighted by Crippen LogP contribution is -2.04. The van der Waals surface area contributed by atoms with E-state index in [-0.39, 0.29) is 11.5 Å². The highest BCUT2D eigenvalue weighted by Gasteiger charge is 2.15. The molecule has 1 aromatic heterocycles. The van der Waals surface area contributed by atoms with Gasteiger partial charge in [-0.25, -0.2) is 0 Å². The van der Waals surface area contributed by atoms with E-state index in [0.29, 0.717) is 24.3 Å². The third-order valence-corrected chi connectivity index (χ3v) is 5.18. The molecule has 23 heavy (non-hydrogen) atoms. The molecule has 0 saturated heterocycles. The van der Waals surface area contributed by atoms with Gasteiger partial charge in [0.15, 0.2) is 10.1 Å². The largest absolute Gasteiger partial charge is 0.507 e. The molecule has 0 radical (unpaired) electrons. The Morgan fingerprint density at radius 1 is 1.43 bits per heavy atom. The van der Waals surface area contributed by atoms with Gasteiger partial charge in [-0.2, -0.15) is 0 Å². The number of carbonyl (C=O) groups is 1. The van der Waals surface area contributed by atoms with E-state index in [1.807, 2.05) is 6.92 Å². The van der Waals surface area contributed by atoms with Crippen molar-refractivity contribution in [3.63, 3.8) is 0 Å². The summed E-state index contributed by atoms with van der Waals surface area (Å²) >= 11 is 3.18. The molecule has 0 amide bonds. The molecule has 0 unspecified atom stereocenters. The van der Waals surface area contributed by atoms with Crippen LogP contribution in [0.1, 0.15) is 42.6 Å². The number of hydrogen-bond acceptors (Lipinski definition) is 7. The molecule has 0 bridgehead atoms.